The van der Waals surface area contributed by atoms with Gasteiger partial charge in [0.1, 0.15) is 5.82 Å². The van der Waals surface area contributed by atoms with Gasteiger partial charge in [0, 0.05) is 36.2 Å². The molecule has 6 nitrogen and oxygen atoms in total. The standard InChI is InChI=1S/C24H22N2O4/c1-3-30-22(28)19-16-13-18(15(20(16)27)12-14-8-5-4-6-9-14)24(19)17-10-7-11-25-21(17)26(2)23(24)29/h4-12,16,18-19H,3,13H2,1-2H3/b15-12+/t16-,18-,19-,24+/m0/s1. The summed E-state index contributed by atoms with van der Waals surface area (Å²) < 4.78 is 5.36. The molecule has 6 heteroatoms. The van der Waals surface area contributed by atoms with Gasteiger partial charge in [-0.25, -0.2) is 4.98 Å². The highest BCUT2D eigenvalue weighted by molar-refractivity contribution is 6.17. The Morgan fingerprint density at radius 1 is 1.23 bits per heavy atom. The molecule has 30 heavy (non-hydrogen) atoms. The third-order valence-electron chi connectivity index (χ3n) is 6.80. The van der Waals surface area contributed by atoms with E-state index in [0.29, 0.717) is 17.8 Å². The lowest BCUT2D eigenvalue weighted by molar-refractivity contribution is -0.156. The topological polar surface area (TPSA) is 76.6 Å². The number of benzene rings is 1. The highest BCUT2D eigenvalue weighted by Gasteiger charge is 2.73. The molecule has 2 bridgehead atoms. The number of hydrogen-bond donors (Lipinski definition) is 0. The second-order valence-corrected chi connectivity index (χ2v) is 8.11. The van der Waals surface area contributed by atoms with Crippen molar-refractivity contribution in [3.63, 3.8) is 0 Å². The lowest BCUT2D eigenvalue weighted by atomic mass is 9.61. The quantitative estimate of drug-likeness (QED) is 0.583. The zero-order valence-corrected chi connectivity index (χ0v) is 16.9. The molecule has 1 aromatic carbocycles. The predicted molar refractivity (Wildman–Crippen MR) is 110 cm³/mol. The van der Waals surface area contributed by atoms with Crippen molar-refractivity contribution >= 4 is 29.6 Å². The van der Waals surface area contributed by atoms with E-state index < -0.39 is 23.2 Å². The van der Waals surface area contributed by atoms with E-state index in [0.717, 1.165) is 11.1 Å². The van der Waals surface area contributed by atoms with Crippen LogP contribution in [0.15, 0.2) is 54.2 Å². The van der Waals surface area contributed by atoms with E-state index in [9.17, 15) is 14.4 Å². The monoisotopic (exact) mass is 402 g/mol. The van der Waals surface area contributed by atoms with Gasteiger partial charge >= 0.3 is 5.97 Å². The molecule has 0 unspecified atom stereocenters. The maximum atomic E-state index is 13.7. The first kappa shape index (κ1) is 18.7. The lowest BCUT2D eigenvalue weighted by Crippen LogP contribution is -2.54. The third kappa shape index (κ3) is 2.24. The average Bonchev–Trinajstić information content (AvgIpc) is 3.34. The van der Waals surface area contributed by atoms with Crippen LogP contribution in [0.3, 0.4) is 0 Å². The number of anilines is 1. The number of hydrogen-bond acceptors (Lipinski definition) is 5. The number of carbonyl (C=O) groups excluding carboxylic acids is 3. The molecule has 0 radical (unpaired) electrons. The Hall–Kier alpha value is -3.28. The maximum absolute atomic E-state index is 13.7. The normalized spacial score (nSPS) is 30.4. The molecule has 2 aliphatic carbocycles. The number of Topliss-reactive ketones (excluding diaryl/α,β-unsaturated/α-hetero) is 1. The van der Waals surface area contributed by atoms with Gasteiger partial charge in [-0.2, -0.15) is 0 Å². The Labute approximate surface area is 174 Å². The molecule has 1 amide bonds. The van der Waals surface area contributed by atoms with E-state index >= 15 is 0 Å². The fourth-order valence-electron chi connectivity index (χ4n) is 5.72. The molecule has 0 N–H and O–H groups in total. The van der Waals surface area contributed by atoms with Crippen molar-refractivity contribution in [2.45, 2.75) is 18.8 Å². The van der Waals surface area contributed by atoms with Crippen LogP contribution in [0.1, 0.15) is 24.5 Å². The number of pyridine rings is 1. The van der Waals surface area contributed by atoms with Gasteiger partial charge < -0.3 is 4.74 Å². The summed E-state index contributed by atoms with van der Waals surface area (Å²) in [5.41, 5.74) is 1.09. The minimum absolute atomic E-state index is 0.0553. The Balaban J connectivity index is 1.73. The maximum Gasteiger partial charge on any atom is 0.311 e. The molecule has 2 saturated carbocycles. The number of ketones is 1. The summed E-state index contributed by atoms with van der Waals surface area (Å²) in [5.74, 6) is -1.94. The Kier molecular flexibility index (Phi) is 4.13. The van der Waals surface area contributed by atoms with E-state index in [4.69, 9.17) is 4.74 Å². The Morgan fingerprint density at radius 2 is 2.00 bits per heavy atom. The van der Waals surface area contributed by atoms with Gasteiger partial charge in [-0.15, -0.1) is 0 Å². The van der Waals surface area contributed by atoms with Crippen molar-refractivity contribution in [1.82, 2.24) is 4.98 Å². The second kappa shape index (κ2) is 6.62. The van der Waals surface area contributed by atoms with Crippen LogP contribution in [0.4, 0.5) is 5.82 Å². The van der Waals surface area contributed by atoms with Crippen LogP contribution < -0.4 is 4.90 Å². The second-order valence-electron chi connectivity index (χ2n) is 8.11. The molecule has 2 fully saturated rings. The molecular weight excluding hydrogens is 380 g/mol. The number of rotatable bonds is 3. The van der Waals surface area contributed by atoms with Gasteiger partial charge in [0.2, 0.25) is 5.91 Å². The Morgan fingerprint density at radius 3 is 2.73 bits per heavy atom. The largest absolute Gasteiger partial charge is 0.466 e. The summed E-state index contributed by atoms with van der Waals surface area (Å²) in [6.45, 7) is 1.94. The smallest absolute Gasteiger partial charge is 0.311 e. The SMILES string of the molecule is CCOC(=O)[C@@H]1[C@@H]2C[C@@H](/C(=C\c3ccccc3)C2=O)[C@@]12C(=O)N(C)c1ncccc12. The first-order chi connectivity index (χ1) is 14.5. The van der Waals surface area contributed by atoms with Gasteiger partial charge in [-0.05, 0) is 31.1 Å². The van der Waals surface area contributed by atoms with Crippen LogP contribution in [-0.2, 0) is 24.5 Å². The molecule has 1 spiro atoms. The minimum atomic E-state index is -1.15. The van der Waals surface area contributed by atoms with Gasteiger partial charge in [-0.1, -0.05) is 36.4 Å². The highest BCUT2D eigenvalue weighted by Crippen LogP contribution is 2.65. The summed E-state index contributed by atoms with van der Waals surface area (Å²) >= 11 is 0. The predicted octanol–water partition coefficient (Wildman–Crippen LogP) is 2.78. The molecule has 152 valence electrons. The van der Waals surface area contributed by atoms with Crippen molar-refractivity contribution in [2.24, 2.45) is 17.8 Å². The van der Waals surface area contributed by atoms with E-state index in [1.54, 1.807) is 26.2 Å². The summed E-state index contributed by atoms with van der Waals surface area (Å²) in [6.07, 6.45) is 3.98. The number of aromatic nitrogens is 1. The third-order valence-corrected chi connectivity index (χ3v) is 6.80. The molecule has 2 aromatic rings. The van der Waals surface area contributed by atoms with E-state index in [2.05, 4.69) is 4.98 Å². The summed E-state index contributed by atoms with van der Waals surface area (Å²) in [7, 11) is 1.68. The van der Waals surface area contributed by atoms with Crippen molar-refractivity contribution < 1.29 is 19.1 Å². The van der Waals surface area contributed by atoms with Crippen LogP contribution in [-0.4, -0.2) is 36.3 Å². The minimum Gasteiger partial charge on any atom is -0.466 e. The summed E-state index contributed by atoms with van der Waals surface area (Å²) in [4.78, 5) is 46.1. The molecule has 1 aromatic heterocycles. The van der Waals surface area contributed by atoms with Crippen LogP contribution in [0.2, 0.25) is 0 Å². The number of allylic oxidation sites excluding steroid dienone is 1. The van der Waals surface area contributed by atoms with Crippen molar-refractivity contribution in [3.05, 3.63) is 65.4 Å². The first-order valence-corrected chi connectivity index (χ1v) is 10.2. The van der Waals surface area contributed by atoms with Gasteiger partial charge in [0.15, 0.2) is 5.78 Å². The highest BCUT2D eigenvalue weighted by atomic mass is 16.5. The molecule has 0 saturated heterocycles. The summed E-state index contributed by atoms with van der Waals surface area (Å²) in [6, 6.07) is 13.2. The van der Waals surface area contributed by atoms with Gasteiger partial charge in [0.25, 0.3) is 0 Å². The van der Waals surface area contributed by atoms with Crippen molar-refractivity contribution in [2.75, 3.05) is 18.6 Å². The van der Waals surface area contributed by atoms with Gasteiger partial charge in [0.05, 0.1) is 17.9 Å². The zero-order valence-electron chi connectivity index (χ0n) is 16.9. The van der Waals surface area contributed by atoms with Crippen LogP contribution in [0, 0.1) is 17.8 Å². The average molecular weight is 402 g/mol. The lowest BCUT2D eigenvalue weighted by Gasteiger charge is -2.38. The van der Waals surface area contributed by atoms with Crippen LogP contribution in [0.25, 0.3) is 6.08 Å². The van der Waals surface area contributed by atoms with Crippen LogP contribution in [0.5, 0.6) is 0 Å². The number of likely N-dealkylation sites (N-methyl/N-ethyl adjacent to an activating group) is 1. The Bertz CT molecular complexity index is 1090. The van der Waals surface area contributed by atoms with Crippen LogP contribution >= 0.6 is 0 Å². The van der Waals surface area contributed by atoms with E-state index in [-0.39, 0.29) is 24.2 Å². The van der Waals surface area contributed by atoms with E-state index in [1.165, 1.54) is 4.90 Å². The molecule has 2 heterocycles. The molecule has 5 rings (SSSR count). The number of carbonyl (C=O) groups is 3. The fourth-order valence-corrected chi connectivity index (χ4v) is 5.72. The number of esters is 1. The molecule has 4 atom stereocenters. The molecular formula is C24H22N2O4. The number of ether oxygens (including phenoxy) is 1. The van der Waals surface area contributed by atoms with E-state index in [1.807, 2.05) is 42.5 Å². The summed E-state index contributed by atoms with van der Waals surface area (Å²) in [5, 5.41) is 0. The first-order valence-electron chi connectivity index (χ1n) is 10.2. The van der Waals surface area contributed by atoms with Crippen molar-refractivity contribution in [3.8, 4) is 0 Å². The number of fused-ring (bicyclic) bond motifs is 5. The molecule has 3 aliphatic rings. The molecule has 1 aliphatic heterocycles. The number of nitrogens with zero attached hydrogens (tertiary/aromatic N) is 2. The van der Waals surface area contributed by atoms with Gasteiger partial charge in [-0.3, -0.25) is 19.3 Å². The fraction of sp³-hybridized carbons (Fsp3) is 0.333. The zero-order chi connectivity index (χ0) is 21.0. The number of amides is 1. The van der Waals surface area contributed by atoms with Crippen molar-refractivity contribution in [1.29, 1.82) is 0 Å².